The number of benzene rings is 1. The Balaban J connectivity index is 2.37. The van der Waals surface area contributed by atoms with E-state index in [1.807, 2.05) is 0 Å². The molecule has 0 saturated heterocycles. The maximum absolute atomic E-state index is 12.1. The maximum Gasteiger partial charge on any atom is 0.264 e. The Kier molecular flexibility index (Phi) is 3.69. The van der Waals surface area contributed by atoms with Crippen LogP contribution in [0.1, 0.15) is 5.69 Å². The second-order valence-corrected chi connectivity index (χ2v) is 6.05. The summed E-state index contributed by atoms with van der Waals surface area (Å²) in [5.41, 5.74) is 5.94. The largest absolute Gasteiger partial charge is 0.506 e. The van der Waals surface area contributed by atoms with Crippen molar-refractivity contribution in [3.05, 3.63) is 35.1 Å². The fourth-order valence-corrected chi connectivity index (χ4v) is 2.67. The highest BCUT2D eigenvalue weighted by molar-refractivity contribution is 7.92. The number of aromatic nitrogens is 2. The smallest absolute Gasteiger partial charge is 0.264 e. The Morgan fingerprint density at radius 2 is 2.00 bits per heavy atom. The molecule has 0 spiro atoms. The maximum atomic E-state index is 12.1. The molecule has 0 amide bonds. The lowest BCUT2D eigenvalue weighted by molar-refractivity contribution is 0.477. The number of nitrogen functional groups attached to an aromatic ring is 1. The quantitative estimate of drug-likeness (QED) is 0.449. The first-order valence-electron chi connectivity index (χ1n) is 5.40. The number of rotatable bonds is 3. The van der Waals surface area contributed by atoms with Crippen LogP contribution in [0.25, 0.3) is 0 Å². The topological polar surface area (TPSA) is 118 Å². The number of phenolic OH excluding ortho intramolecular Hbond substituents is 1. The van der Waals surface area contributed by atoms with E-state index in [1.165, 1.54) is 18.2 Å². The number of phenols is 1. The van der Waals surface area contributed by atoms with Gasteiger partial charge in [0, 0.05) is 5.69 Å². The van der Waals surface area contributed by atoms with Gasteiger partial charge in [-0.05, 0) is 31.2 Å². The van der Waals surface area contributed by atoms with Crippen LogP contribution in [0.4, 0.5) is 11.6 Å². The van der Waals surface area contributed by atoms with Crippen molar-refractivity contribution < 1.29 is 13.5 Å². The average molecular weight is 315 g/mol. The standard InChI is InChI=1S/C11H11ClN4O3S/c1-6-4-10(12)15-11(14-6)16-20(18,19)7-2-3-9(17)8(13)5-7/h2-5,17H,13H2,1H3,(H,14,15,16). The molecule has 0 aliphatic rings. The number of hydrogen-bond acceptors (Lipinski definition) is 6. The van der Waals surface area contributed by atoms with Gasteiger partial charge in [-0.15, -0.1) is 0 Å². The molecule has 0 atom stereocenters. The third-order valence-corrected chi connectivity index (χ3v) is 3.88. The molecule has 1 aromatic carbocycles. The van der Waals surface area contributed by atoms with Gasteiger partial charge in [0.1, 0.15) is 10.9 Å². The molecule has 20 heavy (non-hydrogen) atoms. The summed E-state index contributed by atoms with van der Waals surface area (Å²) in [6, 6.07) is 5.03. The third-order valence-electron chi connectivity index (χ3n) is 2.36. The van der Waals surface area contributed by atoms with Crippen molar-refractivity contribution >= 4 is 33.3 Å². The number of nitrogens with zero attached hydrogens (tertiary/aromatic N) is 2. The van der Waals surface area contributed by atoms with E-state index in [1.54, 1.807) is 6.92 Å². The predicted molar refractivity (Wildman–Crippen MR) is 75.1 cm³/mol. The summed E-state index contributed by atoms with van der Waals surface area (Å²) in [7, 11) is -3.91. The molecular formula is C11H11ClN4O3S. The minimum absolute atomic E-state index is 0.0453. The Morgan fingerprint density at radius 1 is 1.30 bits per heavy atom. The molecule has 0 unspecified atom stereocenters. The Labute approximate surface area is 120 Å². The van der Waals surface area contributed by atoms with Gasteiger partial charge in [0.15, 0.2) is 0 Å². The van der Waals surface area contributed by atoms with Crippen molar-refractivity contribution in [3.8, 4) is 5.75 Å². The SMILES string of the molecule is Cc1cc(Cl)nc(NS(=O)(=O)c2ccc(O)c(N)c2)n1. The molecule has 0 fully saturated rings. The van der Waals surface area contributed by atoms with Crippen molar-refractivity contribution in [2.75, 3.05) is 10.5 Å². The third kappa shape index (κ3) is 3.09. The summed E-state index contributed by atoms with van der Waals surface area (Å²) in [4.78, 5) is 7.57. The van der Waals surface area contributed by atoms with Gasteiger partial charge >= 0.3 is 0 Å². The monoisotopic (exact) mass is 314 g/mol. The first-order valence-corrected chi connectivity index (χ1v) is 7.26. The van der Waals surface area contributed by atoms with Crippen molar-refractivity contribution in [2.24, 2.45) is 0 Å². The lowest BCUT2D eigenvalue weighted by Gasteiger charge is -2.08. The van der Waals surface area contributed by atoms with Gasteiger partial charge in [-0.25, -0.2) is 23.1 Å². The molecule has 7 nitrogen and oxygen atoms in total. The van der Waals surface area contributed by atoms with Crippen LogP contribution >= 0.6 is 11.6 Å². The molecule has 4 N–H and O–H groups in total. The van der Waals surface area contributed by atoms with Crippen LogP contribution in [0.5, 0.6) is 5.75 Å². The molecule has 0 bridgehead atoms. The van der Waals surface area contributed by atoms with Crippen molar-refractivity contribution in [1.29, 1.82) is 0 Å². The van der Waals surface area contributed by atoms with E-state index < -0.39 is 10.0 Å². The molecule has 1 heterocycles. The molecule has 9 heteroatoms. The first-order chi connectivity index (χ1) is 9.28. The second-order valence-electron chi connectivity index (χ2n) is 3.98. The highest BCUT2D eigenvalue weighted by atomic mass is 35.5. The van der Waals surface area contributed by atoms with Gasteiger partial charge in [0.25, 0.3) is 10.0 Å². The van der Waals surface area contributed by atoms with Gasteiger partial charge in [-0.1, -0.05) is 11.6 Å². The lowest BCUT2D eigenvalue weighted by Crippen LogP contribution is -2.15. The van der Waals surface area contributed by atoms with E-state index >= 15 is 0 Å². The van der Waals surface area contributed by atoms with E-state index in [4.69, 9.17) is 17.3 Å². The van der Waals surface area contributed by atoms with Gasteiger partial charge in [-0.3, -0.25) is 0 Å². The zero-order valence-electron chi connectivity index (χ0n) is 10.3. The number of anilines is 2. The molecule has 106 valence electrons. The lowest BCUT2D eigenvalue weighted by atomic mass is 10.3. The number of aromatic hydroxyl groups is 1. The van der Waals surface area contributed by atoms with E-state index in [9.17, 15) is 13.5 Å². The number of aryl methyl sites for hydroxylation is 1. The van der Waals surface area contributed by atoms with Crippen molar-refractivity contribution in [1.82, 2.24) is 9.97 Å². The van der Waals surface area contributed by atoms with Crippen molar-refractivity contribution in [2.45, 2.75) is 11.8 Å². The highest BCUT2D eigenvalue weighted by Crippen LogP contribution is 2.24. The number of nitrogens with one attached hydrogen (secondary N) is 1. The first kappa shape index (κ1) is 14.4. The summed E-state index contributed by atoms with van der Waals surface area (Å²) in [6.07, 6.45) is 0. The fraction of sp³-hybridized carbons (Fsp3) is 0.0909. The van der Waals surface area contributed by atoms with Crippen LogP contribution in [0, 0.1) is 6.92 Å². The summed E-state index contributed by atoms with van der Waals surface area (Å²) in [5.74, 6) is -0.333. The average Bonchev–Trinajstić information content (AvgIpc) is 2.30. The van der Waals surface area contributed by atoms with Gasteiger partial charge in [0.2, 0.25) is 5.95 Å². The van der Waals surface area contributed by atoms with Gasteiger partial charge in [-0.2, -0.15) is 0 Å². The van der Waals surface area contributed by atoms with E-state index in [0.29, 0.717) is 5.69 Å². The molecule has 1 aromatic heterocycles. The normalized spacial score (nSPS) is 11.3. The fourth-order valence-electron chi connectivity index (χ4n) is 1.45. The molecule has 2 aromatic rings. The van der Waals surface area contributed by atoms with Crippen LogP contribution in [0.15, 0.2) is 29.2 Å². The van der Waals surface area contributed by atoms with Crippen LogP contribution in [-0.2, 0) is 10.0 Å². The molecule has 0 saturated carbocycles. The number of sulfonamides is 1. The van der Waals surface area contributed by atoms with Crippen molar-refractivity contribution in [3.63, 3.8) is 0 Å². The van der Waals surface area contributed by atoms with Gasteiger partial charge in [0.05, 0.1) is 10.6 Å². The Morgan fingerprint density at radius 3 is 2.60 bits per heavy atom. The van der Waals surface area contributed by atoms with Gasteiger partial charge < -0.3 is 10.8 Å². The minimum atomic E-state index is -3.91. The molecule has 0 radical (unpaired) electrons. The number of hydrogen-bond donors (Lipinski definition) is 3. The summed E-state index contributed by atoms with van der Waals surface area (Å²) in [5, 5.41) is 9.41. The molecule has 0 aliphatic carbocycles. The predicted octanol–water partition coefficient (Wildman–Crippen LogP) is 1.53. The molecule has 0 aliphatic heterocycles. The van der Waals surface area contributed by atoms with Crippen LogP contribution in [0.2, 0.25) is 5.15 Å². The van der Waals surface area contributed by atoms with Crippen LogP contribution < -0.4 is 10.5 Å². The van der Waals surface area contributed by atoms with E-state index in [-0.39, 0.29) is 27.4 Å². The Bertz CT molecular complexity index is 744. The van der Waals surface area contributed by atoms with E-state index in [0.717, 1.165) is 6.07 Å². The summed E-state index contributed by atoms with van der Waals surface area (Å²) >= 11 is 5.73. The van der Waals surface area contributed by atoms with Crippen LogP contribution in [-0.4, -0.2) is 23.5 Å². The summed E-state index contributed by atoms with van der Waals surface area (Å²) in [6.45, 7) is 1.66. The summed E-state index contributed by atoms with van der Waals surface area (Å²) < 4.78 is 26.4. The minimum Gasteiger partial charge on any atom is -0.506 e. The molecule has 2 rings (SSSR count). The number of nitrogens with two attached hydrogens (primary N) is 1. The Hall–Kier alpha value is -2.06. The van der Waals surface area contributed by atoms with Crippen LogP contribution in [0.3, 0.4) is 0 Å². The highest BCUT2D eigenvalue weighted by Gasteiger charge is 2.17. The zero-order valence-corrected chi connectivity index (χ0v) is 11.9. The van der Waals surface area contributed by atoms with E-state index in [2.05, 4.69) is 14.7 Å². The number of halogens is 1. The second kappa shape index (κ2) is 5.14. The molecular weight excluding hydrogens is 304 g/mol. The zero-order chi connectivity index (χ0) is 14.9.